The first-order valence-electron chi connectivity index (χ1n) is 7.89. The van der Waals surface area contributed by atoms with E-state index in [2.05, 4.69) is 15.6 Å². The molecule has 25 heavy (non-hydrogen) atoms. The summed E-state index contributed by atoms with van der Waals surface area (Å²) in [4.78, 5) is 14.0. The molecule has 2 aromatic heterocycles. The van der Waals surface area contributed by atoms with Gasteiger partial charge in [-0.25, -0.2) is 4.79 Å². The second kappa shape index (κ2) is 5.56. The number of aromatic nitrogens is 2. The molecule has 0 radical (unpaired) electrons. The van der Waals surface area contributed by atoms with Crippen LogP contribution in [-0.2, 0) is 6.54 Å². The SMILES string of the molecule is CCn1c(-c2ccc3[nH]c(=O)oc3c2)c(C#N)c2ccc(OC)cc21. The van der Waals surface area contributed by atoms with Gasteiger partial charge in [-0.2, -0.15) is 5.26 Å². The van der Waals surface area contributed by atoms with Crippen molar-refractivity contribution in [3.8, 4) is 23.1 Å². The Bertz CT molecular complexity index is 1200. The Morgan fingerprint density at radius 1 is 1.28 bits per heavy atom. The van der Waals surface area contributed by atoms with Gasteiger partial charge in [0.2, 0.25) is 0 Å². The van der Waals surface area contributed by atoms with Crippen LogP contribution in [0.4, 0.5) is 0 Å². The summed E-state index contributed by atoms with van der Waals surface area (Å²) < 4.78 is 12.6. The average molecular weight is 333 g/mol. The maximum absolute atomic E-state index is 11.4. The summed E-state index contributed by atoms with van der Waals surface area (Å²) in [6, 6.07) is 13.4. The largest absolute Gasteiger partial charge is 0.497 e. The van der Waals surface area contributed by atoms with Gasteiger partial charge in [-0.05, 0) is 31.2 Å². The quantitative estimate of drug-likeness (QED) is 0.620. The predicted octanol–water partition coefficient (Wildman–Crippen LogP) is 3.64. The first-order valence-corrected chi connectivity index (χ1v) is 7.89. The van der Waals surface area contributed by atoms with Gasteiger partial charge < -0.3 is 13.7 Å². The van der Waals surface area contributed by atoms with Crippen molar-refractivity contribution in [2.45, 2.75) is 13.5 Å². The predicted molar refractivity (Wildman–Crippen MR) is 94.7 cm³/mol. The fourth-order valence-electron chi connectivity index (χ4n) is 3.29. The highest BCUT2D eigenvalue weighted by Gasteiger charge is 2.19. The Balaban J connectivity index is 2.07. The van der Waals surface area contributed by atoms with Crippen LogP contribution in [0.15, 0.2) is 45.6 Å². The van der Waals surface area contributed by atoms with Crippen molar-refractivity contribution in [1.29, 1.82) is 5.26 Å². The van der Waals surface area contributed by atoms with E-state index in [-0.39, 0.29) is 0 Å². The number of oxazole rings is 1. The molecule has 0 atom stereocenters. The van der Waals surface area contributed by atoms with Gasteiger partial charge in [-0.1, -0.05) is 6.07 Å². The summed E-state index contributed by atoms with van der Waals surface area (Å²) in [5.74, 6) is 0.247. The van der Waals surface area contributed by atoms with Crippen molar-refractivity contribution >= 4 is 22.0 Å². The minimum Gasteiger partial charge on any atom is -0.497 e. The molecule has 0 saturated carbocycles. The summed E-state index contributed by atoms with van der Waals surface area (Å²) in [5, 5.41) is 10.6. The Hall–Kier alpha value is -3.46. The van der Waals surface area contributed by atoms with Crippen LogP contribution in [0.3, 0.4) is 0 Å². The van der Waals surface area contributed by atoms with Crippen molar-refractivity contribution in [2.24, 2.45) is 0 Å². The first kappa shape index (κ1) is 15.1. The minimum absolute atomic E-state index is 0.469. The first-order chi connectivity index (χ1) is 12.2. The smallest absolute Gasteiger partial charge is 0.417 e. The summed E-state index contributed by atoms with van der Waals surface area (Å²) in [5.41, 5.74) is 4.26. The number of nitrogens with one attached hydrogen (secondary N) is 1. The molecule has 2 heterocycles. The van der Waals surface area contributed by atoms with E-state index in [0.29, 0.717) is 23.2 Å². The molecule has 0 amide bonds. The number of aryl methyl sites for hydroxylation is 1. The molecule has 6 nitrogen and oxygen atoms in total. The van der Waals surface area contributed by atoms with Gasteiger partial charge in [0.05, 0.1) is 29.4 Å². The summed E-state index contributed by atoms with van der Waals surface area (Å²) in [6.07, 6.45) is 0. The highest BCUT2D eigenvalue weighted by atomic mass is 16.5. The molecule has 2 aromatic carbocycles. The van der Waals surface area contributed by atoms with E-state index in [1.807, 2.05) is 31.2 Å². The van der Waals surface area contributed by atoms with E-state index in [0.717, 1.165) is 27.9 Å². The molecule has 0 fully saturated rings. The number of aromatic amines is 1. The number of rotatable bonds is 3. The Morgan fingerprint density at radius 2 is 2.12 bits per heavy atom. The topological polar surface area (TPSA) is 84.0 Å². The number of nitrogens with zero attached hydrogens (tertiary/aromatic N) is 2. The third kappa shape index (κ3) is 2.21. The lowest BCUT2D eigenvalue weighted by Gasteiger charge is -2.09. The van der Waals surface area contributed by atoms with Gasteiger partial charge in [0.15, 0.2) is 5.58 Å². The molecule has 6 heteroatoms. The molecule has 0 unspecified atom stereocenters. The lowest BCUT2D eigenvalue weighted by atomic mass is 10.1. The van der Waals surface area contributed by atoms with Crippen LogP contribution in [0.1, 0.15) is 12.5 Å². The van der Waals surface area contributed by atoms with Crippen LogP contribution in [-0.4, -0.2) is 16.7 Å². The van der Waals surface area contributed by atoms with Crippen molar-refractivity contribution in [2.75, 3.05) is 7.11 Å². The number of ether oxygens (including phenoxy) is 1. The number of hydrogen-bond acceptors (Lipinski definition) is 4. The molecule has 0 bridgehead atoms. The van der Waals surface area contributed by atoms with E-state index < -0.39 is 5.76 Å². The average Bonchev–Trinajstić information content (AvgIpc) is 3.16. The van der Waals surface area contributed by atoms with E-state index in [4.69, 9.17) is 9.15 Å². The molecule has 1 N–H and O–H groups in total. The normalized spacial score (nSPS) is 11.1. The van der Waals surface area contributed by atoms with E-state index in [9.17, 15) is 10.1 Å². The molecule has 0 aliphatic rings. The van der Waals surface area contributed by atoms with Gasteiger partial charge in [0.1, 0.15) is 11.8 Å². The summed E-state index contributed by atoms with van der Waals surface area (Å²) in [7, 11) is 1.62. The number of fused-ring (bicyclic) bond motifs is 2. The van der Waals surface area contributed by atoms with Crippen LogP contribution in [0.25, 0.3) is 33.3 Å². The Kier molecular flexibility index (Phi) is 3.36. The van der Waals surface area contributed by atoms with Gasteiger partial charge in [-0.15, -0.1) is 0 Å². The molecule has 0 spiro atoms. The Labute approximate surface area is 142 Å². The summed E-state index contributed by atoms with van der Waals surface area (Å²) >= 11 is 0. The Morgan fingerprint density at radius 3 is 2.84 bits per heavy atom. The van der Waals surface area contributed by atoms with Crippen LogP contribution in [0, 0.1) is 11.3 Å². The maximum Gasteiger partial charge on any atom is 0.417 e. The van der Waals surface area contributed by atoms with Crippen molar-refractivity contribution in [1.82, 2.24) is 9.55 Å². The molecule has 4 aromatic rings. The van der Waals surface area contributed by atoms with E-state index >= 15 is 0 Å². The molecule has 124 valence electrons. The fourth-order valence-corrected chi connectivity index (χ4v) is 3.29. The number of hydrogen-bond donors (Lipinski definition) is 1. The second-order valence-corrected chi connectivity index (χ2v) is 5.69. The molecular formula is C19H15N3O3. The zero-order valence-corrected chi connectivity index (χ0v) is 13.8. The minimum atomic E-state index is -0.492. The number of nitriles is 1. The molecule has 0 saturated heterocycles. The van der Waals surface area contributed by atoms with Crippen LogP contribution in [0.5, 0.6) is 5.75 Å². The highest BCUT2D eigenvalue weighted by molar-refractivity contribution is 5.96. The third-order valence-electron chi connectivity index (χ3n) is 4.39. The van der Waals surface area contributed by atoms with Gasteiger partial charge >= 0.3 is 5.76 Å². The lowest BCUT2D eigenvalue weighted by Crippen LogP contribution is -1.97. The van der Waals surface area contributed by atoms with Crippen LogP contribution in [0.2, 0.25) is 0 Å². The fraction of sp³-hybridized carbons (Fsp3) is 0.158. The standard InChI is InChI=1S/C19H15N3O3/c1-3-22-16-9-12(24-2)5-6-13(16)14(10-20)18(22)11-4-7-15-17(8-11)25-19(23)21-15/h4-9H,3H2,1-2H3,(H,21,23). The molecule has 0 aliphatic heterocycles. The zero-order valence-electron chi connectivity index (χ0n) is 13.8. The number of methoxy groups -OCH3 is 1. The third-order valence-corrected chi connectivity index (χ3v) is 4.39. The summed E-state index contributed by atoms with van der Waals surface area (Å²) in [6.45, 7) is 2.72. The van der Waals surface area contributed by atoms with Gasteiger partial charge in [-0.3, -0.25) is 4.98 Å². The van der Waals surface area contributed by atoms with E-state index in [1.165, 1.54) is 0 Å². The second-order valence-electron chi connectivity index (χ2n) is 5.69. The monoisotopic (exact) mass is 333 g/mol. The van der Waals surface area contributed by atoms with E-state index in [1.54, 1.807) is 19.2 Å². The lowest BCUT2D eigenvalue weighted by molar-refractivity contribution is 0.415. The van der Waals surface area contributed by atoms with Crippen LogP contribution >= 0.6 is 0 Å². The van der Waals surface area contributed by atoms with Gasteiger partial charge in [0.25, 0.3) is 0 Å². The molecule has 0 aliphatic carbocycles. The van der Waals surface area contributed by atoms with Crippen molar-refractivity contribution < 1.29 is 9.15 Å². The van der Waals surface area contributed by atoms with Crippen molar-refractivity contribution in [3.05, 3.63) is 52.5 Å². The highest BCUT2D eigenvalue weighted by Crippen LogP contribution is 2.36. The molecule has 4 rings (SSSR count). The van der Waals surface area contributed by atoms with Gasteiger partial charge in [0, 0.05) is 23.6 Å². The number of benzene rings is 2. The zero-order chi connectivity index (χ0) is 17.6. The van der Waals surface area contributed by atoms with Crippen LogP contribution < -0.4 is 10.5 Å². The van der Waals surface area contributed by atoms with Crippen molar-refractivity contribution in [3.63, 3.8) is 0 Å². The molecular weight excluding hydrogens is 318 g/mol. The number of H-pyrrole nitrogens is 1. The maximum atomic E-state index is 11.4.